The molecular formula is C44H75NO7. The van der Waals surface area contributed by atoms with Gasteiger partial charge in [-0.2, -0.15) is 0 Å². The molecule has 52 heavy (non-hydrogen) atoms. The fourth-order valence-electron chi connectivity index (χ4n) is 5.54. The van der Waals surface area contributed by atoms with Crippen molar-refractivity contribution in [2.75, 3.05) is 41.0 Å². The van der Waals surface area contributed by atoms with Crippen LogP contribution in [-0.4, -0.2) is 75.5 Å². The molecule has 0 aliphatic heterocycles. The van der Waals surface area contributed by atoms with Gasteiger partial charge in [-0.15, -0.1) is 0 Å². The van der Waals surface area contributed by atoms with Crippen molar-refractivity contribution >= 4 is 17.9 Å². The van der Waals surface area contributed by atoms with Crippen LogP contribution < -0.4 is 5.11 Å². The molecule has 2 atom stereocenters. The van der Waals surface area contributed by atoms with Crippen LogP contribution in [0, 0.1) is 0 Å². The Morgan fingerprint density at radius 3 is 1.67 bits per heavy atom. The van der Waals surface area contributed by atoms with Crippen LogP contribution in [0.4, 0.5) is 0 Å². The molecule has 8 nitrogen and oxygen atoms in total. The smallest absolute Gasteiger partial charge is 0.306 e. The third-order valence-electron chi connectivity index (χ3n) is 8.73. The molecule has 0 N–H and O–H groups in total. The maximum atomic E-state index is 12.7. The Morgan fingerprint density at radius 2 is 1.10 bits per heavy atom. The van der Waals surface area contributed by atoms with Gasteiger partial charge in [-0.05, 0) is 57.8 Å². The number of carboxylic acid groups (broad SMARTS) is 1. The van der Waals surface area contributed by atoms with Crippen LogP contribution in [0.15, 0.2) is 60.8 Å². The van der Waals surface area contributed by atoms with E-state index in [1.807, 2.05) is 36.5 Å². The summed E-state index contributed by atoms with van der Waals surface area (Å²) in [5.74, 6) is -1.80. The van der Waals surface area contributed by atoms with E-state index < -0.39 is 18.1 Å². The summed E-state index contributed by atoms with van der Waals surface area (Å²) in [4.78, 5) is 36.7. The molecule has 0 aromatic rings. The number of unbranched alkanes of at least 4 members (excludes halogenated alkanes) is 14. The monoisotopic (exact) mass is 730 g/mol. The lowest BCUT2D eigenvalue weighted by Gasteiger charge is -2.34. The summed E-state index contributed by atoms with van der Waals surface area (Å²) in [7, 11) is 5.38. The summed E-state index contributed by atoms with van der Waals surface area (Å²) in [6.45, 7) is 4.44. The van der Waals surface area contributed by atoms with Gasteiger partial charge in [0.05, 0.1) is 40.3 Å². The highest BCUT2D eigenvalue weighted by molar-refractivity contribution is 5.70. The molecule has 0 saturated heterocycles. The van der Waals surface area contributed by atoms with Crippen LogP contribution in [0.1, 0.15) is 149 Å². The minimum Gasteiger partial charge on any atom is -0.544 e. The van der Waals surface area contributed by atoms with Crippen LogP contribution in [0.3, 0.4) is 0 Å². The second-order valence-electron chi connectivity index (χ2n) is 14.6. The Hall–Kier alpha value is -2.97. The number of likely N-dealkylation sites (N-methyl/N-ethyl adjacent to an activating group) is 1. The van der Waals surface area contributed by atoms with Crippen molar-refractivity contribution in [3.8, 4) is 0 Å². The van der Waals surface area contributed by atoms with Crippen molar-refractivity contribution in [2.24, 2.45) is 0 Å². The summed E-state index contributed by atoms with van der Waals surface area (Å²) in [5.41, 5.74) is 0. The van der Waals surface area contributed by atoms with Gasteiger partial charge < -0.3 is 28.6 Å². The molecule has 0 rings (SSSR count). The third kappa shape index (κ3) is 32.9. The molecule has 0 spiro atoms. The first-order valence-electron chi connectivity index (χ1n) is 20.4. The van der Waals surface area contributed by atoms with Gasteiger partial charge in [0.25, 0.3) is 0 Å². The van der Waals surface area contributed by atoms with Crippen molar-refractivity contribution in [3.05, 3.63) is 60.8 Å². The SMILES string of the molecule is CC/C=C/C=C/C=C/C=C/CCCCCC(=O)OCC(COCCC(C(=O)[O-])[N+](C)(C)C)OC(=O)CCCCCCCCC/C=C/CCCCCC. The van der Waals surface area contributed by atoms with E-state index in [0.717, 1.165) is 51.4 Å². The highest BCUT2D eigenvalue weighted by Crippen LogP contribution is 2.13. The van der Waals surface area contributed by atoms with Gasteiger partial charge in [-0.3, -0.25) is 9.59 Å². The molecule has 0 bridgehead atoms. The predicted octanol–water partition coefficient (Wildman–Crippen LogP) is 9.30. The van der Waals surface area contributed by atoms with Crippen molar-refractivity contribution in [2.45, 2.75) is 161 Å². The van der Waals surface area contributed by atoms with Gasteiger partial charge in [0.15, 0.2) is 6.10 Å². The Labute approximate surface area is 318 Å². The number of carbonyl (C=O) groups excluding carboxylic acids is 3. The molecule has 8 heteroatoms. The molecule has 0 aromatic carbocycles. The van der Waals surface area contributed by atoms with Crippen molar-refractivity contribution in [1.29, 1.82) is 0 Å². The van der Waals surface area contributed by atoms with Gasteiger partial charge in [0.1, 0.15) is 12.6 Å². The summed E-state index contributed by atoms with van der Waals surface area (Å²) in [6, 6.07) is -0.733. The average Bonchev–Trinajstić information content (AvgIpc) is 3.09. The highest BCUT2D eigenvalue weighted by Gasteiger charge is 2.25. The van der Waals surface area contributed by atoms with Gasteiger partial charge in [0, 0.05) is 19.3 Å². The zero-order chi connectivity index (χ0) is 38.5. The zero-order valence-corrected chi connectivity index (χ0v) is 33.7. The zero-order valence-electron chi connectivity index (χ0n) is 33.7. The number of aliphatic carboxylic acids is 1. The number of hydrogen-bond donors (Lipinski definition) is 0. The first kappa shape index (κ1) is 49.0. The Morgan fingerprint density at radius 1 is 0.596 bits per heavy atom. The minimum absolute atomic E-state index is 0.0238. The lowest BCUT2D eigenvalue weighted by Crippen LogP contribution is -2.55. The second kappa shape index (κ2) is 35.1. The molecular weight excluding hydrogens is 654 g/mol. The third-order valence-corrected chi connectivity index (χ3v) is 8.73. The van der Waals surface area contributed by atoms with E-state index in [2.05, 4.69) is 38.2 Å². The highest BCUT2D eigenvalue weighted by atomic mass is 16.6. The molecule has 298 valence electrons. The second-order valence-corrected chi connectivity index (χ2v) is 14.6. The van der Waals surface area contributed by atoms with E-state index in [1.165, 1.54) is 64.2 Å². The lowest BCUT2D eigenvalue weighted by molar-refractivity contribution is -0.889. The number of carboxylic acids is 1. The van der Waals surface area contributed by atoms with E-state index in [0.29, 0.717) is 12.8 Å². The lowest BCUT2D eigenvalue weighted by atomic mass is 10.1. The van der Waals surface area contributed by atoms with Crippen molar-refractivity contribution in [3.63, 3.8) is 0 Å². The van der Waals surface area contributed by atoms with Crippen LogP contribution in [0.25, 0.3) is 0 Å². The van der Waals surface area contributed by atoms with Gasteiger partial charge in [-0.1, -0.05) is 132 Å². The molecule has 0 saturated carbocycles. The Bertz CT molecular complexity index is 1040. The molecule has 0 amide bonds. The average molecular weight is 730 g/mol. The van der Waals surface area contributed by atoms with Crippen LogP contribution in [-0.2, 0) is 28.6 Å². The van der Waals surface area contributed by atoms with Crippen LogP contribution in [0.2, 0.25) is 0 Å². The molecule has 0 aromatic heterocycles. The number of allylic oxidation sites excluding steroid dienone is 10. The summed E-state index contributed by atoms with van der Waals surface area (Å²) in [6.07, 6.45) is 41.0. The fourth-order valence-corrected chi connectivity index (χ4v) is 5.54. The maximum absolute atomic E-state index is 12.7. The maximum Gasteiger partial charge on any atom is 0.306 e. The Balaban J connectivity index is 4.47. The van der Waals surface area contributed by atoms with Crippen LogP contribution in [0.5, 0.6) is 0 Å². The van der Waals surface area contributed by atoms with Gasteiger partial charge >= 0.3 is 11.9 Å². The topological polar surface area (TPSA) is 102 Å². The first-order valence-corrected chi connectivity index (χ1v) is 20.4. The molecule has 0 radical (unpaired) electrons. The summed E-state index contributed by atoms with van der Waals surface area (Å²) >= 11 is 0. The number of rotatable bonds is 35. The molecule has 2 unspecified atom stereocenters. The quantitative estimate of drug-likeness (QED) is 0.0211. The molecule has 0 fully saturated rings. The normalized spacial score (nSPS) is 13.6. The van der Waals surface area contributed by atoms with E-state index in [1.54, 1.807) is 21.1 Å². The number of hydrogen-bond acceptors (Lipinski definition) is 7. The largest absolute Gasteiger partial charge is 0.544 e. The van der Waals surface area contributed by atoms with E-state index in [9.17, 15) is 19.5 Å². The van der Waals surface area contributed by atoms with Gasteiger partial charge in [-0.25, -0.2) is 0 Å². The molecule has 0 aliphatic rings. The predicted molar refractivity (Wildman–Crippen MR) is 212 cm³/mol. The van der Waals surface area contributed by atoms with Crippen molar-refractivity contribution < 1.29 is 38.2 Å². The number of ether oxygens (including phenoxy) is 3. The van der Waals surface area contributed by atoms with Crippen molar-refractivity contribution in [1.82, 2.24) is 0 Å². The minimum atomic E-state index is -1.13. The van der Waals surface area contributed by atoms with Crippen LogP contribution >= 0.6 is 0 Å². The molecule has 0 heterocycles. The fraction of sp³-hybridized carbons (Fsp3) is 0.705. The number of esters is 2. The standard InChI is InChI=1S/C44H75NO7/c1-6-8-10-12-14-16-18-20-21-23-25-27-29-31-33-35-43(47)52-40(38-50-37-36-41(44(48)49)45(3,4)5)39-51-42(46)34-32-30-28-26-24-22-19-17-15-13-11-9-7-2/h9,11,13,15-19,22,24,40-41H,6-8,10,12,14,20-21,23,25-39H2,1-5H3/b11-9+,15-13+,18-16+,19-17+,24-22+. The number of carbonyl (C=O) groups is 3. The summed E-state index contributed by atoms with van der Waals surface area (Å²) < 4.78 is 17.1. The first-order chi connectivity index (χ1) is 25.1. The molecule has 0 aliphatic carbocycles. The Kier molecular flexibility index (Phi) is 33.1. The van der Waals surface area contributed by atoms with E-state index in [-0.39, 0.29) is 42.7 Å². The number of quaternary nitrogens is 1. The number of nitrogens with zero attached hydrogens (tertiary/aromatic N) is 1. The van der Waals surface area contributed by atoms with E-state index in [4.69, 9.17) is 14.2 Å². The summed E-state index contributed by atoms with van der Waals surface area (Å²) in [5, 5.41) is 11.6. The van der Waals surface area contributed by atoms with Gasteiger partial charge in [0.2, 0.25) is 0 Å². The van der Waals surface area contributed by atoms with E-state index >= 15 is 0 Å².